The normalized spacial score (nSPS) is 16.0. The Morgan fingerprint density at radius 3 is 2.50 bits per heavy atom. The number of aryl methyl sites for hydroxylation is 1. The first kappa shape index (κ1) is 16.4. The van der Waals surface area contributed by atoms with Crippen LogP contribution in [0.3, 0.4) is 0 Å². The summed E-state index contributed by atoms with van der Waals surface area (Å²) in [5, 5.41) is 6.75. The highest BCUT2D eigenvalue weighted by Crippen LogP contribution is 2.29. The highest BCUT2D eigenvalue weighted by molar-refractivity contribution is 5.83. The highest BCUT2D eigenvalue weighted by atomic mass is 19.4. The molecule has 9 heteroatoms. The van der Waals surface area contributed by atoms with Crippen LogP contribution in [0.15, 0.2) is 24.3 Å². The fourth-order valence-electron chi connectivity index (χ4n) is 2.67. The second-order valence-electron chi connectivity index (χ2n) is 5.74. The van der Waals surface area contributed by atoms with Crippen LogP contribution in [0.4, 0.5) is 13.2 Å². The first-order chi connectivity index (χ1) is 11.3. The largest absolute Gasteiger partial charge is 0.451 e. The van der Waals surface area contributed by atoms with Crippen LogP contribution in [0, 0.1) is 6.92 Å². The molecule has 1 unspecified atom stereocenters. The van der Waals surface area contributed by atoms with E-state index in [1.54, 1.807) is 12.1 Å². The van der Waals surface area contributed by atoms with E-state index in [9.17, 15) is 18.0 Å². The van der Waals surface area contributed by atoms with Crippen molar-refractivity contribution < 1.29 is 18.0 Å². The van der Waals surface area contributed by atoms with Crippen LogP contribution in [0.1, 0.15) is 28.8 Å². The Labute approximate surface area is 136 Å². The number of halogens is 3. The summed E-state index contributed by atoms with van der Waals surface area (Å²) in [4.78, 5) is 13.9. The minimum Gasteiger partial charge on any atom is -0.332 e. The van der Waals surface area contributed by atoms with Gasteiger partial charge in [0.2, 0.25) is 11.7 Å². The van der Waals surface area contributed by atoms with Gasteiger partial charge in [-0.15, -0.1) is 10.2 Å². The maximum Gasteiger partial charge on any atom is 0.451 e. The summed E-state index contributed by atoms with van der Waals surface area (Å²) in [7, 11) is 0. The average molecular weight is 339 g/mol. The summed E-state index contributed by atoms with van der Waals surface area (Å²) in [5.74, 6) is -1.27. The van der Waals surface area contributed by atoms with Crippen molar-refractivity contribution >= 4 is 5.91 Å². The molecule has 1 aliphatic rings. The van der Waals surface area contributed by atoms with E-state index in [0.717, 1.165) is 10.1 Å². The summed E-state index contributed by atoms with van der Waals surface area (Å²) < 4.78 is 39.5. The van der Waals surface area contributed by atoms with E-state index in [4.69, 9.17) is 5.73 Å². The van der Waals surface area contributed by atoms with Crippen LogP contribution in [0.5, 0.6) is 0 Å². The molecule has 0 aliphatic carbocycles. The van der Waals surface area contributed by atoms with Gasteiger partial charge in [0.05, 0.1) is 6.54 Å². The molecular formula is C15H16F3N5O. The first-order valence-electron chi connectivity index (χ1n) is 7.37. The zero-order valence-corrected chi connectivity index (χ0v) is 12.9. The summed E-state index contributed by atoms with van der Waals surface area (Å²) >= 11 is 0. The minimum absolute atomic E-state index is 0.0104. The van der Waals surface area contributed by atoms with Crippen LogP contribution >= 0.6 is 0 Å². The summed E-state index contributed by atoms with van der Waals surface area (Å²) in [6, 6.07) is 6.38. The van der Waals surface area contributed by atoms with Gasteiger partial charge in [-0.25, -0.2) is 0 Å². The zero-order chi connectivity index (χ0) is 17.5. The van der Waals surface area contributed by atoms with E-state index < -0.39 is 18.0 Å². The van der Waals surface area contributed by atoms with Crippen LogP contribution in [-0.2, 0) is 24.1 Å². The molecule has 0 saturated heterocycles. The van der Waals surface area contributed by atoms with Crippen LogP contribution in [0.25, 0.3) is 0 Å². The number of benzene rings is 1. The van der Waals surface area contributed by atoms with Gasteiger partial charge in [0, 0.05) is 13.1 Å². The van der Waals surface area contributed by atoms with Crippen molar-refractivity contribution in [1.82, 2.24) is 19.7 Å². The Kier molecular flexibility index (Phi) is 4.04. The molecule has 0 bridgehead atoms. The molecule has 6 nitrogen and oxygen atoms in total. The molecule has 0 fully saturated rings. The van der Waals surface area contributed by atoms with Gasteiger partial charge in [0.1, 0.15) is 6.04 Å². The molecule has 1 aliphatic heterocycles. The molecule has 2 heterocycles. The molecule has 1 aromatic carbocycles. The lowest BCUT2D eigenvalue weighted by Crippen LogP contribution is -2.43. The molecular weight excluding hydrogens is 323 g/mol. The molecule has 2 N–H and O–H groups in total. The first-order valence-corrected chi connectivity index (χ1v) is 7.37. The van der Waals surface area contributed by atoms with Crippen molar-refractivity contribution in [2.24, 2.45) is 5.73 Å². The molecule has 3 rings (SSSR count). The van der Waals surface area contributed by atoms with Gasteiger partial charge in [-0.1, -0.05) is 29.8 Å². The van der Waals surface area contributed by atoms with Gasteiger partial charge in [-0.3, -0.25) is 4.79 Å². The van der Waals surface area contributed by atoms with Gasteiger partial charge < -0.3 is 15.2 Å². The quantitative estimate of drug-likeness (QED) is 0.902. The lowest BCUT2D eigenvalue weighted by atomic mass is 10.0. The topological polar surface area (TPSA) is 77.0 Å². The third kappa shape index (κ3) is 2.99. The lowest BCUT2D eigenvalue weighted by molar-refractivity contribution is -0.148. The number of carbonyl (C=O) groups is 1. The summed E-state index contributed by atoms with van der Waals surface area (Å²) in [6.07, 6.45) is -4.56. The zero-order valence-electron chi connectivity index (χ0n) is 12.9. The van der Waals surface area contributed by atoms with E-state index in [2.05, 4.69) is 10.2 Å². The molecule has 1 amide bonds. The van der Waals surface area contributed by atoms with Crippen molar-refractivity contribution in [3.05, 3.63) is 47.0 Å². The monoisotopic (exact) mass is 339 g/mol. The fourth-order valence-corrected chi connectivity index (χ4v) is 2.67. The number of rotatable bonds is 2. The Morgan fingerprint density at radius 1 is 1.21 bits per heavy atom. The molecule has 1 aromatic heterocycles. The lowest BCUT2D eigenvalue weighted by Gasteiger charge is -2.30. The third-order valence-corrected chi connectivity index (χ3v) is 4.02. The van der Waals surface area contributed by atoms with Crippen LogP contribution < -0.4 is 5.73 Å². The molecule has 0 radical (unpaired) electrons. The number of carbonyl (C=O) groups excluding carboxylic acids is 1. The number of nitrogens with two attached hydrogens (primary N) is 1. The number of nitrogens with zero attached hydrogens (tertiary/aromatic N) is 4. The van der Waals surface area contributed by atoms with E-state index in [1.165, 1.54) is 4.90 Å². The Morgan fingerprint density at radius 2 is 1.88 bits per heavy atom. The van der Waals surface area contributed by atoms with Gasteiger partial charge in [0.15, 0.2) is 5.82 Å². The smallest absolute Gasteiger partial charge is 0.332 e. The van der Waals surface area contributed by atoms with Crippen molar-refractivity contribution in [2.75, 3.05) is 6.54 Å². The molecule has 1 atom stereocenters. The maximum absolute atomic E-state index is 12.8. The number of alkyl halides is 3. The molecule has 0 saturated carbocycles. The van der Waals surface area contributed by atoms with Gasteiger partial charge in [-0.05, 0) is 12.5 Å². The summed E-state index contributed by atoms with van der Waals surface area (Å²) in [5.41, 5.74) is 7.71. The molecule has 24 heavy (non-hydrogen) atoms. The molecule has 0 spiro atoms. The maximum atomic E-state index is 12.8. The van der Waals surface area contributed by atoms with E-state index in [0.29, 0.717) is 5.56 Å². The van der Waals surface area contributed by atoms with Gasteiger partial charge in [0.25, 0.3) is 0 Å². The van der Waals surface area contributed by atoms with Gasteiger partial charge >= 0.3 is 6.18 Å². The predicted molar refractivity (Wildman–Crippen MR) is 78.5 cm³/mol. The Hall–Kier alpha value is -2.42. The Bertz CT molecular complexity index is 753. The van der Waals surface area contributed by atoms with Gasteiger partial charge in [-0.2, -0.15) is 13.2 Å². The second-order valence-corrected chi connectivity index (χ2v) is 5.74. The van der Waals surface area contributed by atoms with E-state index in [-0.39, 0.29) is 31.4 Å². The fraction of sp³-hybridized carbons (Fsp3) is 0.400. The van der Waals surface area contributed by atoms with E-state index >= 15 is 0 Å². The highest BCUT2D eigenvalue weighted by Gasteiger charge is 2.40. The molecule has 2 aromatic rings. The summed E-state index contributed by atoms with van der Waals surface area (Å²) in [6.45, 7) is 2.00. The van der Waals surface area contributed by atoms with Crippen molar-refractivity contribution in [3.8, 4) is 0 Å². The van der Waals surface area contributed by atoms with Crippen LogP contribution in [-0.4, -0.2) is 32.1 Å². The average Bonchev–Trinajstić information content (AvgIpc) is 2.97. The number of hydrogen-bond acceptors (Lipinski definition) is 4. The van der Waals surface area contributed by atoms with Crippen LogP contribution in [0.2, 0.25) is 0 Å². The van der Waals surface area contributed by atoms with Crippen molar-refractivity contribution in [2.45, 2.75) is 32.2 Å². The second kappa shape index (κ2) is 5.90. The van der Waals surface area contributed by atoms with E-state index in [1.807, 2.05) is 19.1 Å². The molecule has 128 valence electrons. The Balaban J connectivity index is 1.76. The number of aromatic nitrogens is 3. The minimum atomic E-state index is -4.56. The third-order valence-electron chi connectivity index (χ3n) is 4.02. The number of amides is 1. The standard InChI is InChI=1S/C15H16F3N5O/c1-9-2-4-10(5-3-9)12(19)13(24)22-6-7-23-11(8-22)20-21-14(23)15(16,17)18/h2-5,12H,6-8,19H2,1H3. The van der Waals surface area contributed by atoms with Crippen molar-refractivity contribution in [3.63, 3.8) is 0 Å². The predicted octanol–water partition coefficient (Wildman–Crippen LogP) is 1.65. The SMILES string of the molecule is Cc1ccc(C(N)C(=O)N2CCn3c(nnc3C(F)(F)F)C2)cc1. The van der Waals surface area contributed by atoms with Crippen molar-refractivity contribution in [1.29, 1.82) is 0 Å². The number of fused-ring (bicyclic) bond motifs is 1. The number of hydrogen-bond donors (Lipinski definition) is 1.